The first-order valence-corrected chi connectivity index (χ1v) is 6.95. The first kappa shape index (κ1) is 16.3. The molecule has 0 spiro atoms. The fourth-order valence-electron chi connectivity index (χ4n) is 1.61. The minimum Gasteiger partial charge on any atom is -0.465 e. The Hall–Kier alpha value is -1.77. The molecule has 0 saturated heterocycles. The Morgan fingerprint density at radius 2 is 2.15 bits per heavy atom. The summed E-state index contributed by atoms with van der Waals surface area (Å²) in [5.74, 6) is 3.05. The minimum atomic E-state index is -0.370. The zero-order chi connectivity index (χ0) is 14.8. The lowest BCUT2D eigenvalue weighted by atomic mass is 10.0. The van der Waals surface area contributed by atoms with Crippen molar-refractivity contribution in [2.24, 2.45) is 5.16 Å². The van der Waals surface area contributed by atoms with Crippen LogP contribution in [0.5, 0.6) is 0 Å². The number of rotatable bonds is 7. The van der Waals surface area contributed by atoms with E-state index < -0.39 is 0 Å². The Morgan fingerprint density at radius 1 is 1.40 bits per heavy atom. The summed E-state index contributed by atoms with van der Waals surface area (Å²) >= 11 is 5.72. The van der Waals surface area contributed by atoms with Gasteiger partial charge >= 0.3 is 5.97 Å². The van der Waals surface area contributed by atoms with E-state index in [0.29, 0.717) is 24.5 Å². The molecule has 0 atom stereocenters. The average Bonchev–Trinajstić information content (AvgIpc) is 2.50. The Balaban J connectivity index is 3.07. The van der Waals surface area contributed by atoms with Crippen LogP contribution in [0.3, 0.4) is 0 Å². The molecule has 0 radical (unpaired) electrons. The van der Waals surface area contributed by atoms with Gasteiger partial charge in [-0.2, -0.15) is 0 Å². The Morgan fingerprint density at radius 3 is 2.80 bits per heavy atom. The van der Waals surface area contributed by atoms with Crippen molar-refractivity contribution in [3.63, 3.8) is 0 Å². The van der Waals surface area contributed by atoms with Gasteiger partial charge in [0.15, 0.2) is 0 Å². The molecular formula is C15H18ClNO3. The van der Waals surface area contributed by atoms with Gasteiger partial charge in [-0.25, -0.2) is 4.79 Å². The highest BCUT2D eigenvalue weighted by Crippen LogP contribution is 2.19. The molecule has 0 N–H and O–H groups in total. The van der Waals surface area contributed by atoms with E-state index >= 15 is 0 Å². The first-order chi connectivity index (χ1) is 9.72. The maximum absolute atomic E-state index is 11.5. The summed E-state index contributed by atoms with van der Waals surface area (Å²) in [6.07, 6.45) is 1.51. The third kappa shape index (κ3) is 5.08. The topological polar surface area (TPSA) is 47.9 Å². The zero-order valence-electron chi connectivity index (χ0n) is 11.7. The van der Waals surface area contributed by atoms with Crippen molar-refractivity contribution in [2.75, 3.05) is 19.6 Å². The molecule has 108 valence electrons. The molecule has 0 unspecified atom stereocenters. The van der Waals surface area contributed by atoms with E-state index in [1.165, 1.54) is 7.11 Å². The van der Waals surface area contributed by atoms with Gasteiger partial charge in [0.2, 0.25) is 0 Å². The van der Waals surface area contributed by atoms with Crippen LogP contribution in [-0.2, 0) is 9.57 Å². The summed E-state index contributed by atoms with van der Waals surface area (Å²) in [7, 11) is 1.36. The lowest BCUT2D eigenvalue weighted by molar-refractivity contribution is 0.0600. The molecule has 0 aliphatic rings. The summed E-state index contributed by atoms with van der Waals surface area (Å²) < 4.78 is 4.71. The molecule has 0 aliphatic carbocycles. The van der Waals surface area contributed by atoms with Gasteiger partial charge in [-0.05, 0) is 42.6 Å². The molecule has 0 fully saturated rings. The van der Waals surface area contributed by atoms with Gasteiger partial charge in [0.05, 0.1) is 12.7 Å². The fraction of sp³-hybridized carbons (Fsp3) is 0.400. The quantitative estimate of drug-likeness (QED) is 0.335. The number of allylic oxidation sites excluding steroid dienone is 1. The highest BCUT2D eigenvalue weighted by atomic mass is 35.5. The van der Waals surface area contributed by atoms with Crippen LogP contribution in [0, 0.1) is 0 Å². The van der Waals surface area contributed by atoms with E-state index in [9.17, 15) is 4.79 Å². The maximum Gasteiger partial charge on any atom is 0.337 e. The van der Waals surface area contributed by atoms with Crippen LogP contribution in [0.25, 0.3) is 5.57 Å². The van der Waals surface area contributed by atoms with E-state index in [0.717, 1.165) is 17.6 Å². The van der Waals surface area contributed by atoms with Gasteiger partial charge in [-0.15, -0.1) is 11.6 Å². The number of carbonyl (C=O) groups excluding carboxylic acids is 1. The lowest BCUT2D eigenvalue weighted by Gasteiger charge is -2.05. The van der Waals surface area contributed by atoms with Crippen LogP contribution in [0.15, 0.2) is 29.4 Å². The minimum absolute atomic E-state index is 0.370. The number of esters is 1. The van der Waals surface area contributed by atoms with Crippen molar-refractivity contribution in [1.82, 2.24) is 0 Å². The number of halogens is 1. The molecule has 0 amide bonds. The highest BCUT2D eigenvalue weighted by Gasteiger charge is 2.08. The molecule has 1 rings (SSSR count). The molecule has 1 aromatic carbocycles. The van der Waals surface area contributed by atoms with Gasteiger partial charge < -0.3 is 9.57 Å². The second-order valence-corrected chi connectivity index (χ2v) is 4.34. The molecule has 0 saturated carbocycles. The largest absolute Gasteiger partial charge is 0.465 e. The van der Waals surface area contributed by atoms with Crippen LogP contribution in [0.4, 0.5) is 0 Å². The molecule has 0 aliphatic heterocycles. The number of methoxy groups -OCH3 is 1. The van der Waals surface area contributed by atoms with Crippen molar-refractivity contribution in [2.45, 2.75) is 19.8 Å². The Labute approximate surface area is 124 Å². The van der Waals surface area contributed by atoms with Crippen LogP contribution in [0.2, 0.25) is 0 Å². The number of carbonyl (C=O) groups is 1. The molecule has 0 heterocycles. The van der Waals surface area contributed by atoms with Gasteiger partial charge in [0, 0.05) is 17.3 Å². The number of ether oxygens (including phenoxy) is 1. The van der Waals surface area contributed by atoms with Crippen molar-refractivity contribution in [3.05, 3.63) is 35.4 Å². The van der Waals surface area contributed by atoms with Crippen molar-refractivity contribution < 1.29 is 14.4 Å². The zero-order valence-corrected chi connectivity index (χ0v) is 12.4. The highest BCUT2D eigenvalue weighted by molar-refractivity contribution is 6.17. The predicted molar refractivity (Wildman–Crippen MR) is 80.2 cm³/mol. The predicted octanol–water partition coefficient (Wildman–Crippen LogP) is 3.50. The first-order valence-electron chi connectivity index (χ1n) is 6.41. The Kier molecular flexibility index (Phi) is 7.48. The molecular weight excluding hydrogens is 278 g/mol. The summed E-state index contributed by atoms with van der Waals surface area (Å²) in [4.78, 5) is 16.5. The second-order valence-electron chi connectivity index (χ2n) is 3.96. The standard InChI is InChI=1S/C15H18ClNO3/c1-3-20-17-11-14(8-5-9-16)12-6-4-7-13(10-12)15(18)19-2/h4,6-7,10H,3,5,8-9H2,1-2H3. The third-order valence-corrected chi connectivity index (χ3v) is 2.83. The smallest absolute Gasteiger partial charge is 0.337 e. The summed E-state index contributed by atoms with van der Waals surface area (Å²) in [5, 5.41) is 3.77. The molecule has 20 heavy (non-hydrogen) atoms. The number of hydrogen-bond donors (Lipinski definition) is 0. The van der Waals surface area contributed by atoms with Gasteiger partial charge in [0.25, 0.3) is 0 Å². The van der Waals surface area contributed by atoms with Gasteiger partial charge in [-0.1, -0.05) is 12.1 Å². The average molecular weight is 296 g/mol. The summed E-state index contributed by atoms with van der Waals surface area (Å²) in [5.41, 5.74) is 2.21. The van der Waals surface area contributed by atoms with Crippen molar-refractivity contribution in [1.29, 1.82) is 0 Å². The number of alkyl halides is 1. The molecule has 5 heteroatoms. The molecule has 0 aromatic heterocycles. The summed E-state index contributed by atoms with van der Waals surface area (Å²) in [6.45, 7) is 2.33. The third-order valence-electron chi connectivity index (χ3n) is 2.57. The van der Waals surface area contributed by atoms with E-state index in [1.807, 2.05) is 13.0 Å². The number of nitrogens with zero attached hydrogens (tertiary/aromatic N) is 1. The SMILES string of the molecule is CCON=C=C(CCCCl)c1cccc(C(=O)OC)c1. The molecule has 0 bridgehead atoms. The van der Waals surface area contributed by atoms with E-state index in [-0.39, 0.29) is 5.97 Å². The molecule has 4 nitrogen and oxygen atoms in total. The lowest BCUT2D eigenvalue weighted by Crippen LogP contribution is -2.01. The Bertz CT molecular complexity index is 508. The van der Waals surface area contributed by atoms with E-state index in [4.69, 9.17) is 21.2 Å². The van der Waals surface area contributed by atoms with Crippen LogP contribution < -0.4 is 0 Å². The van der Waals surface area contributed by atoms with E-state index in [2.05, 4.69) is 11.0 Å². The summed E-state index contributed by atoms with van der Waals surface area (Å²) in [6, 6.07) is 7.15. The van der Waals surface area contributed by atoms with Crippen molar-refractivity contribution >= 4 is 29.0 Å². The number of benzene rings is 1. The monoisotopic (exact) mass is 295 g/mol. The van der Waals surface area contributed by atoms with Crippen LogP contribution >= 0.6 is 11.6 Å². The van der Waals surface area contributed by atoms with Crippen LogP contribution in [-0.4, -0.2) is 31.4 Å². The van der Waals surface area contributed by atoms with Crippen molar-refractivity contribution in [3.8, 4) is 0 Å². The second kappa shape index (κ2) is 9.18. The number of hydrogen-bond acceptors (Lipinski definition) is 4. The maximum atomic E-state index is 11.5. The van der Waals surface area contributed by atoms with E-state index in [1.54, 1.807) is 18.2 Å². The molecule has 1 aromatic rings. The fourth-order valence-corrected chi connectivity index (χ4v) is 1.75. The normalized spacial score (nSPS) is 9.55. The van der Waals surface area contributed by atoms with Crippen LogP contribution in [0.1, 0.15) is 35.7 Å². The van der Waals surface area contributed by atoms with Gasteiger partial charge in [-0.3, -0.25) is 0 Å². The van der Waals surface area contributed by atoms with Gasteiger partial charge in [0.1, 0.15) is 6.61 Å².